The maximum atomic E-state index is 12.6. The third-order valence-electron chi connectivity index (χ3n) is 4.15. The molecule has 2 rings (SSSR count). The molecule has 5 nitrogen and oxygen atoms in total. The number of alkyl halides is 3. The van der Waals surface area contributed by atoms with E-state index < -0.39 is 33.6 Å². The molecule has 27 heavy (non-hydrogen) atoms. The lowest BCUT2D eigenvalue weighted by atomic mass is 9.87. The number of benzene rings is 1. The molecule has 1 aromatic carbocycles. The minimum atomic E-state index is -4.54. The molecule has 0 spiro atoms. The molecule has 0 amide bonds. The highest BCUT2D eigenvalue weighted by Crippen LogP contribution is 2.32. The van der Waals surface area contributed by atoms with Gasteiger partial charge in [-0.05, 0) is 70.7 Å². The molecule has 152 valence electrons. The fourth-order valence-corrected chi connectivity index (χ4v) is 3.96. The van der Waals surface area contributed by atoms with E-state index in [2.05, 4.69) is 0 Å². The molecule has 9 heteroatoms. The van der Waals surface area contributed by atoms with Gasteiger partial charge >= 0.3 is 12.1 Å². The monoisotopic (exact) mass is 408 g/mol. The summed E-state index contributed by atoms with van der Waals surface area (Å²) in [5.41, 5.74) is -1.52. The minimum Gasteiger partial charge on any atom is -0.460 e. The van der Waals surface area contributed by atoms with E-state index in [4.69, 9.17) is 8.92 Å². The smallest absolute Gasteiger partial charge is 0.416 e. The van der Waals surface area contributed by atoms with Gasteiger partial charge in [-0.15, -0.1) is 0 Å². The maximum absolute atomic E-state index is 12.6. The van der Waals surface area contributed by atoms with Crippen molar-refractivity contribution < 1.29 is 35.3 Å². The van der Waals surface area contributed by atoms with Crippen molar-refractivity contribution in [3.05, 3.63) is 29.8 Å². The van der Waals surface area contributed by atoms with Gasteiger partial charge in [-0.1, -0.05) is 0 Å². The molecule has 0 heterocycles. The minimum absolute atomic E-state index is 0.308. The first kappa shape index (κ1) is 21.7. The third-order valence-corrected chi connectivity index (χ3v) is 5.52. The Morgan fingerprint density at radius 2 is 1.52 bits per heavy atom. The molecular formula is C18H23F3O5S. The van der Waals surface area contributed by atoms with Crippen molar-refractivity contribution in [3.63, 3.8) is 0 Å². The zero-order chi connectivity index (χ0) is 20.5. The summed E-state index contributed by atoms with van der Waals surface area (Å²) < 4.78 is 72.8. The Balaban J connectivity index is 1.95. The van der Waals surface area contributed by atoms with Gasteiger partial charge in [0, 0.05) is 0 Å². The van der Waals surface area contributed by atoms with Crippen molar-refractivity contribution in [1.82, 2.24) is 0 Å². The molecule has 1 saturated carbocycles. The van der Waals surface area contributed by atoms with Crippen molar-refractivity contribution in [1.29, 1.82) is 0 Å². The van der Waals surface area contributed by atoms with Gasteiger partial charge in [-0.25, -0.2) is 0 Å². The van der Waals surface area contributed by atoms with Crippen LogP contribution in [0, 0.1) is 5.92 Å². The van der Waals surface area contributed by atoms with Crippen LogP contribution in [0.25, 0.3) is 0 Å². The summed E-state index contributed by atoms with van der Waals surface area (Å²) in [7, 11) is -4.17. The standard InChI is InChI=1S/C18H23F3O5S/c1-17(2,3)25-16(22)12-4-8-14(9-5-12)26-27(23,24)15-10-6-13(7-11-15)18(19,20)21/h6-7,10-12,14H,4-5,8-9H2,1-3H3/t12-,14+. The van der Waals surface area contributed by atoms with Crippen LogP contribution in [0.5, 0.6) is 0 Å². The largest absolute Gasteiger partial charge is 0.460 e. The molecule has 1 aromatic rings. The summed E-state index contributed by atoms with van der Waals surface area (Å²) >= 11 is 0. The first-order valence-corrected chi connectivity index (χ1v) is 10.0. The van der Waals surface area contributed by atoms with Gasteiger partial charge in [-0.3, -0.25) is 8.98 Å². The number of carbonyl (C=O) groups excluding carboxylic acids is 1. The molecule has 0 atom stereocenters. The van der Waals surface area contributed by atoms with Crippen LogP contribution in [-0.4, -0.2) is 26.1 Å². The number of carbonyl (C=O) groups is 1. The predicted octanol–water partition coefficient (Wildman–Crippen LogP) is 4.31. The van der Waals surface area contributed by atoms with Crippen LogP contribution in [0.4, 0.5) is 13.2 Å². The lowest BCUT2D eigenvalue weighted by Crippen LogP contribution is -2.33. The number of esters is 1. The summed E-state index contributed by atoms with van der Waals surface area (Å²) in [6.45, 7) is 5.32. The Morgan fingerprint density at radius 1 is 1.00 bits per heavy atom. The summed E-state index contributed by atoms with van der Waals surface area (Å²) in [5, 5.41) is 0. The Hall–Kier alpha value is -1.61. The summed E-state index contributed by atoms with van der Waals surface area (Å²) in [4.78, 5) is 11.7. The van der Waals surface area contributed by atoms with Crippen molar-refractivity contribution in [2.45, 2.75) is 69.2 Å². The zero-order valence-corrected chi connectivity index (χ0v) is 16.2. The van der Waals surface area contributed by atoms with E-state index in [-0.39, 0.29) is 16.8 Å². The highest BCUT2D eigenvalue weighted by molar-refractivity contribution is 7.86. The van der Waals surface area contributed by atoms with Gasteiger partial charge in [0.2, 0.25) is 0 Å². The molecule has 0 radical (unpaired) electrons. The van der Waals surface area contributed by atoms with Gasteiger partial charge in [0.15, 0.2) is 0 Å². The third kappa shape index (κ3) is 6.21. The van der Waals surface area contributed by atoms with Crippen LogP contribution in [0.1, 0.15) is 52.0 Å². The molecular weight excluding hydrogens is 385 g/mol. The van der Waals surface area contributed by atoms with E-state index in [9.17, 15) is 26.4 Å². The SMILES string of the molecule is CC(C)(C)OC(=O)[C@H]1CC[C@@H](OS(=O)(=O)c2ccc(C(F)(F)F)cc2)CC1. The lowest BCUT2D eigenvalue weighted by molar-refractivity contribution is -0.161. The average molecular weight is 408 g/mol. The number of hydrogen-bond donors (Lipinski definition) is 0. The molecule has 0 aromatic heterocycles. The molecule has 1 fully saturated rings. The summed E-state index contributed by atoms with van der Waals surface area (Å²) in [6.07, 6.45) is -3.59. The second kappa shape index (κ2) is 7.79. The maximum Gasteiger partial charge on any atom is 0.416 e. The van der Waals surface area contributed by atoms with Gasteiger partial charge in [-0.2, -0.15) is 21.6 Å². The van der Waals surface area contributed by atoms with Crippen molar-refractivity contribution in [3.8, 4) is 0 Å². The van der Waals surface area contributed by atoms with Crippen molar-refractivity contribution >= 4 is 16.1 Å². The average Bonchev–Trinajstić information content (AvgIpc) is 2.53. The number of rotatable bonds is 4. The molecule has 0 aliphatic heterocycles. The van der Waals surface area contributed by atoms with Crippen LogP contribution in [0.3, 0.4) is 0 Å². The van der Waals surface area contributed by atoms with Crippen molar-refractivity contribution in [2.24, 2.45) is 5.92 Å². The fraction of sp³-hybridized carbons (Fsp3) is 0.611. The zero-order valence-electron chi connectivity index (χ0n) is 15.4. The van der Waals surface area contributed by atoms with Gasteiger partial charge in [0.25, 0.3) is 10.1 Å². The summed E-state index contributed by atoms with van der Waals surface area (Å²) in [5.74, 6) is -0.621. The van der Waals surface area contributed by atoms with E-state index in [1.165, 1.54) is 0 Å². The van der Waals surface area contributed by atoms with Crippen LogP contribution >= 0.6 is 0 Å². The predicted molar refractivity (Wildman–Crippen MR) is 91.3 cm³/mol. The number of halogens is 3. The molecule has 1 aliphatic carbocycles. The number of ether oxygens (including phenoxy) is 1. The Morgan fingerprint density at radius 3 is 1.96 bits per heavy atom. The lowest BCUT2D eigenvalue weighted by Gasteiger charge is -2.29. The van der Waals surface area contributed by atoms with E-state index in [0.29, 0.717) is 37.8 Å². The Labute approximate surface area is 157 Å². The van der Waals surface area contributed by atoms with Crippen molar-refractivity contribution in [2.75, 3.05) is 0 Å². The Kier molecular flexibility index (Phi) is 6.26. The van der Waals surface area contributed by atoms with Crippen LogP contribution < -0.4 is 0 Å². The highest BCUT2D eigenvalue weighted by Gasteiger charge is 2.34. The molecule has 0 saturated heterocycles. The second-order valence-corrected chi connectivity index (χ2v) is 9.15. The Bertz CT molecular complexity index is 756. The van der Waals surface area contributed by atoms with Crippen LogP contribution in [0.2, 0.25) is 0 Å². The molecule has 0 unspecified atom stereocenters. The molecule has 0 bridgehead atoms. The second-order valence-electron chi connectivity index (χ2n) is 7.58. The van der Waals surface area contributed by atoms with Crippen LogP contribution in [0.15, 0.2) is 29.2 Å². The topological polar surface area (TPSA) is 69.7 Å². The summed E-state index contributed by atoms with van der Waals surface area (Å²) in [6, 6.07) is 3.17. The molecule has 1 aliphatic rings. The van der Waals surface area contributed by atoms with E-state index in [1.807, 2.05) is 0 Å². The first-order chi connectivity index (χ1) is 12.3. The molecule has 0 N–H and O–H groups in total. The van der Waals surface area contributed by atoms with E-state index in [0.717, 1.165) is 12.1 Å². The van der Waals surface area contributed by atoms with Gasteiger partial charge < -0.3 is 4.74 Å². The normalized spacial score (nSPS) is 21.7. The quantitative estimate of drug-likeness (QED) is 0.548. The van der Waals surface area contributed by atoms with Crippen LogP contribution in [-0.2, 0) is 30.0 Å². The van der Waals surface area contributed by atoms with Gasteiger partial charge in [0.1, 0.15) is 5.60 Å². The van der Waals surface area contributed by atoms with Gasteiger partial charge in [0.05, 0.1) is 22.5 Å². The fourth-order valence-electron chi connectivity index (χ4n) is 2.83. The van der Waals surface area contributed by atoms with E-state index in [1.54, 1.807) is 20.8 Å². The highest BCUT2D eigenvalue weighted by atomic mass is 32.2. The number of hydrogen-bond acceptors (Lipinski definition) is 5. The van der Waals surface area contributed by atoms with E-state index >= 15 is 0 Å². The first-order valence-electron chi connectivity index (χ1n) is 8.61.